The van der Waals surface area contributed by atoms with Crippen LogP contribution in [-0.4, -0.2) is 35.6 Å². The molecule has 1 aliphatic heterocycles. The summed E-state index contributed by atoms with van der Waals surface area (Å²) in [7, 11) is 0. The Labute approximate surface area is 107 Å². The molecule has 0 spiro atoms. The SMILES string of the molecule is C[C@@H]1CN(C(=O)c2ccccc2F)C(C)(C)CO1. The minimum atomic E-state index is -0.475. The molecule has 1 aromatic carbocycles. The van der Waals surface area contributed by atoms with E-state index in [2.05, 4.69) is 0 Å². The second-order valence-electron chi connectivity index (χ2n) is 5.33. The second-order valence-corrected chi connectivity index (χ2v) is 5.33. The summed E-state index contributed by atoms with van der Waals surface area (Å²) in [6.45, 7) is 6.72. The maximum Gasteiger partial charge on any atom is 0.257 e. The fraction of sp³-hybridized carbons (Fsp3) is 0.500. The van der Waals surface area contributed by atoms with Gasteiger partial charge >= 0.3 is 0 Å². The van der Waals surface area contributed by atoms with E-state index in [9.17, 15) is 9.18 Å². The highest BCUT2D eigenvalue weighted by Crippen LogP contribution is 2.24. The lowest BCUT2D eigenvalue weighted by atomic mass is 9.99. The first-order valence-corrected chi connectivity index (χ1v) is 6.10. The molecule has 0 aromatic heterocycles. The van der Waals surface area contributed by atoms with Gasteiger partial charge in [-0.2, -0.15) is 0 Å². The molecule has 2 rings (SSSR count). The maximum atomic E-state index is 13.7. The van der Waals surface area contributed by atoms with Gasteiger partial charge in [-0.15, -0.1) is 0 Å². The number of amides is 1. The molecular formula is C14H18FNO2. The normalized spacial score (nSPS) is 22.9. The lowest BCUT2D eigenvalue weighted by Crippen LogP contribution is -2.57. The first-order chi connectivity index (χ1) is 8.42. The number of hydrogen-bond acceptors (Lipinski definition) is 2. The van der Waals surface area contributed by atoms with Crippen LogP contribution in [-0.2, 0) is 4.74 Å². The molecule has 1 aromatic rings. The van der Waals surface area contributed by atoms with Crippen molar-refractivity contribution in [3.05, 3.63) is 35.6 Å². The highest BCUT2D eigenvalue weighted by Gasteiger charge is 2.37. The highest BCUT2D eigenvalue weighted by atomic mass is 19.1. The zero-order valence-corrected chi connectivity index (χ0v) is 10.9. The van der Waals surface area contributed by atoms with Gasteiger partial charge in [0.1, 0.15) is 5.82 Å². The van der Waals surface area contributed by atoms with Gasteiger partial charge in [-0.25, -0.2) is 4.39 Å². The number of carbonyl (C=O) groups is 1. The average molecular weight is 251 g/mol. The summed E-state index contributed by atoms with van der Waals surface area (Å²) in [5, 5.41) is 0. The van der Waals surface area contributed by atoms with E-state index in [1.807, 2.05) is 20.8 Å². The van der Waals surface area contributed by atoms with E-state index in [0.717, 1.165) is 0 Å². The van der Waals surface area contributed by atoms with E-state index in [1.165, 1.54) is 12.1 Å². The molecule has 0 unspecified atom stereocenters. The number of halogens is 1. The zero-order chi connectivity index (χ0) is 13.3. The maximum absolute atomic E-state index is 13.7. The predicted molar refractivity (Wildman–Crippen MR) is 66.9 cm³/mol. The Kier molecular flexibility index (Phi) is 3.39. The smallest absolute Gasteiger partial charge is 0.257 e. The molecule has 1 aliphatic rings. The van der Waals surface area contributed by atoms with Crippen LogP contribution in [0.4, 0.5) is 4.39 Å². The van der Waals surface area contributed by atoms with Crippen LogP contribution in [0.1, 0.15) is 31.1 Å². The third-order valence-corrected chi connectivity index (χ3v) is 3.24. The molecule has 1 saturated heterocycles. The number of carbonyl (C=O) groups excluding carboxylic acids is 1. The summed E-state index contributed by atoms with van der Waals surface area (Å²) in [4.78, 5) is 14.1. The first-order valence-electron chi connectivity index (χ1n) is 6.10. The summed E-state index contributed by atoms with van der Waals surface area (Å²) < 4.78 is 19.2. The molecule has 18 heavy (non-hydrogen) atoms. The number of rotatable bonds is 1. The Hall–Kier alpha value is -1.42. The summed E-state index contributed by atoms with van der Waals surface area (Å²) in [5.74, 6) is -0.745. The predicted octanol–water partition coefficient (Wildman–Crippen LogP) is 2.47. The molecule has 0 N–H and O–H groups in total. The van der Waals surface area contributed by atoms with E-state index in [0.29, 0.717) is 13.2 Å². The molecule has 1 heterocycles. The van der Waals surface area contributed by atoms with Crippen LogP contribution in [0, 0.1) is 5.82 Å². The zero-order valence-electron chi connectivity index (χ0n) is 10.9. The van der Waals surface area contributed by atoms with E-state index in [4.69, 9.17) is 4.74 Å². The van der Waals surface area contributed by atoms with E-state index in [-0.39, 0.29) is 17.6 Å². The van der Waals surface area contributed by atoms with Crippen LogP contribution in [0.25, 0.3) is 0 Å². The Morgan fingerprint density at radius 1 is 1.44 bits per heavy atom. The van der Waals surface area contributed by atoms with Gasteiger partial charge in [0.2, 0.25) is 0 Å². The van der Waals surface area contributed by atoms with Crippen LogP contribution in [0.5, 0.6) is 0 Å². The molecule has 4 heteroatoms. The van der Waals surface area contributed by atoms with E-state index < -0.39 is 11.4 Å². The fourth-order valence-corrected chi connectivity index (χ4v) is 2.12. The van der Waals surface area contributed by atoms with Crippen molar-refractivity contribution in [2.24, 2.45) is 0 Å². The molecule has 0 aliphatic carbocycles. The van der Waals surface area contributed by atoms with Crippen molar-refractivity contribution < 1.29 is 13.9 Å². The van der Waals surface area contributed by atoms with Crippen LogP contribution >= 0.6 is 0 Å². The topological polar surface area (TPSA) is 29.5 Å². The van der Waals surface area contributed by atoms with Crippen molar-refractivity contribution >= 4 is 5.91 Å². The number of morpholine rings is 1. The number of ether oxygens (including phenoxy) is 1. The third-order valence-electron chi connectivity index (χ3n) is 3.24. The van der Waals surface area contributed by atoms with Crippen molar-refractivity contribution in [1.82, 2.24) is 4.90 Å². The van der Waals surface area contributed by atoms with Crippen molar-refractivity contribution in [3.63, 3.8) is 0 Å². The van der Waals surface area contributed by atoms with Gasteiger partial charge in [0, 0.05) is 6.54 Å². The quantitative estimate of drug-likeness (QED) is 0.767. The first kappa shape index (κ1) is 13.0. The van der Waals surface area contributed by atoms with Crippen molar-refractivity contribution in [2.75, 3.05) is 13.2 Å². The van der Waals surface area contributed by atoms with Gasteiger partial charge in [0.05, 0.1) is 23.8 Å². The van der Waals surface area contributed by atoms with Crippen LogP contribution in [0.3, 0.4) is 0 Å². The van der Waals surface area contributed by atoms with E-state index in [1.54, 1.807) is 17.0 Å². The Balaban J connectivity index is 2.30. The van der Waals surface area contributed by atoms with Gasteiger partial charge in [-0.05, 0) is 32.9 Å². The Morgan fingerprint density at radius 3 is 2.78 bits per heavy atom. The molecular weight excluding hydrogens is 233 g/mol. The van der Waals surface area contributed by atoms with Gasteiger partial charge in [0.15, 0.2) is 0 Å². The summed E-state index contributed by atoms with van der Waals surface area (Å²) in [6.07, 6.45) is -0.0197. The highest BCUT2D eigenvalue weighted by molar-refractivity contribution is 5.95. The van der Waals surface area contributed by atoms with Crippen LogP contribution in [0.15, 0.2) is 24.3 Å². The second kappa shape index (κ2) is 4.69. The lowest BCUT2D eigenvalue weighted by molar-refractivity contribution is -0.0757. The Morgan fingerprint density at radius 2 is 2.11 bits per heavy atom. The lowest BCUT2D eigenvalue weighted by Gasteiger charge is -2.44. The number of benzene rings is 1. The van der Waals surface area contributed by atoms with Gasteiger partial charge < -0.3 is 9.64 Å². The fourth-order valence-electron chi connectivity index (χ4n) is 2.12. The number of nitrogens with zero attached hydrogens (tertiary/aromatic N) is 1. The van der Waals surface area contributed by atoms with E-state index >= 15 is 0 Å². The summed E-state index contributed by atoms with van der Waals surface area (Å²) >= 11 is 0. The Bertz CT molecular complexity index is 459. The summed E-state index contributed by atoms with van der Waals surface area (Å²) in [6, 6.07) is 6.09. The van der Waals surface area contributed by atoms with Crippen molar-refractivity contribution in [1.29, 1.82) is 0 Å². The molecule has 1 fully saturated rings. The molecule has 98 valence electrons. The van der Waals surface area contributed by atoms with Gasteiger partial charge in [-0.1, -0.05) is 12.1 Å². The minimum Gasteiger partial charge on any atom is -0.374 e. The van der Waals surface area contributed by atoms with Crippen LogP contribution in [0.2, 0.25) is 0 Å². The minimum absolute atomic E-state index is 0.0197. The van der Waals surface area contributed by atoms with Gasteiger partial charge in [-0.3, -0.25) is 4.79 Å². The summed E-state index contributed by atoms with van der Waals surface area (Å²) in [5.41, 5.74) is -0.286. The monoisotopic (exact) mass is 251 g/mol. The molecule has 3 nitrogen and oxygen atoms in total. The molecule has 0 saturated carbocycles. The molecule has 1 amide bonds. The van der Waals surface area contributed by atoms with Crippen molar-refractivity contribution in [2.45, 2.75) is 32.4 Å². The standard InChI is InChI=1S/C14H18FNO2/c1-10-8-16(14(2,3)9-18-10)13(17)11-6-4-5-7-12(11)15/h4-7,10H,8-9H2,1-3H3/t10-/m1/s1. The molecule has 1 atom stereocenters. The van der Waals surface area contributed by atoms with Gasteiger partial charge in [0.25, 0.3) is 5.91 Å². The van der Waals surface area contributed by atoms with Crippen molar-refractivity contribution in [3.8, 4) is 0 Å². The number of hydrogen-bond donors (Lipinski definition) is 0. The largest absolute Gasteiger partial charge is 0.374 e. The molecule has 0 bridgehead atoms. The molecule has 0 radical (unpaired) electrons. The average Bonchev–Trinajstić information content (AvgIpc) is 2.32. The third kappa shape index (κ3) is 2.38. The van der Waals surface area contributed by atoms with Crippen LogP contribution < -0.4 is 0 Å².